The summed E-state index contributed by atoms with van der Waals surface area (Å²) in [5.74, 6) is -0.580. The van der Waals surface area contributed by atoms with E-state index in [4.69, 9.17) is 4.74 Å². The third-order valence-electron chi connectivity index (χ3n) is 5.50. The van der Waals surface area contributed by atoms with E-state index in [2.05, 4.69) is 10.2 Å². The summed E-state index contributed by atoms with van der Waals surface area (Å²) in [6, 6.07) is 4.69. The van der Waals surface area contributed by atoms with Gasteiger partial charge in [-0.05, 0) is 37.1 Å². The minimum Gasteiger partial charge on any atom is -0.376 e. The lowest BCUT2D eigenvalue weighted by molar-refractivity contribution is -0.129. The van der Waals surface area contributed by atoms with E-state index < -0.39 is 15.8 Å². The van der Waals surface area contributed by atoms with Crippen LogP contribution in [0.1, 0.15) is 12.8 Å². The minimum absolute atomic E-state index is 0.0250. The van der Waals surface area contributed by atoms with Gasteiger partial charge in [-0.1, -0.05) is 11.8 Å². The van der Waals surface area contributed by atoms with Crippen molar-refractivity contribution in [1.29, 1.82) is 0 Å². The summed E-state index contributed by atoms with van der Waals surface area (Å²) in [6.45, 7) is 1.89. The second-order valence-corrected chi connectivity index (χ2v) is 10.5. The third kappa shape index (κ3) is 5.05. The Hall–Kier alpha value is -2.22. The van der Waals surface area contributed by atoms with Gasteiger partial charge in [-0.15, -0.1) is 5.10 Å². The fourth-order valence-corrected chi connectivity index (χ4v) is 6.00. The van der Waals surface area contributed by atoms with Crippen LogP contribution in [0, 0.1) is 5.82 Å². The van der Waals surface area contributed by atoms with Crippen molar-refractivity contribution in [3.05, 3.63) is 40.6 Å². The highest BCUT2D eigenvalue weighted by atomic mass is 32.2. The van der Waals surface area contributed by atoms with Gasteiger partial charge in [0.05, 0.1) is 23.3 Å². The minimum atomic E-state index is -3.74. The van der Waals surface area contributed by atoms with Crippen molar-refractivity contribution in [2.45, 2.75) is 35.5 Å². The molecule has 2 aromatic rings. The standard InChI is InChI=1S/C19H24FN5O5S2/c20-14-3-5-16(6-4-14)32(28,29)24-9-7-23(8-10-24)17(26)13-31-19-22-21-18(27)25(19)12-15-2-1-11-30-15/h3-6,15H,1-2,7-13H2,(H,21,27). The normalized spacial score (nSPS) is 20.0. The number of ether oxygens (including phenoxy) is 1. The van der Waals surface area contributed by atoms with Crippen molar-refractivity contribution in [2.24, 2.45) is 0 Å². The number of aromatic amines is 1. The molecule has 32 heavy (non-hydrogen) atoms. The average Bonchev–Trinajstić information content (AvgIpc) is 3.43. The molecule has 1 atom stereocenters. The average molecular weight is 486 g/mol. The Bertz CT molecular complexity index is 1100. The van der Waals surface area contributed by atoms with E-state index in [1.807, 2.05) is 0 Å². The fourth-order valence-electron chi connectivity index (χ4n) is 3.72. The van der Waals surface area contributed by atoms with E-state index in [0.717, 1.165) is 36.7 Å². The molecule has 0 bridgehead atoms. The summed E-state index contributed by atoms with van der Waals surface area (Å²) in [5.41, 5.74) is -0.338. The van der Waals surface area contributed by atoms with Crippen LogP contribution < -0.4 is 5.69 Å². The number of amides is 1. The van der Waals surface area contributed by atoms with E-state index in [9.17, 15) is 22.4 Å². The lowest BCUT2D eigenvalue weighted by Crippen LogP contribution is -2.51. The molecule has 4 rings (SSSR count). The predicted molar refractivity (Wildman–Crippen MR) is 114 cm³/mol. The number of nitrogens with zero attached hydrogens (tertiary/aromatic N) is 4. The van der Waals surface area contributed by atoms with Gasteiger partial charge in [0.25, 0.3) is 0 Å². The van der Waals surface area contributed by atoms with Crippen LogP contribution >= 0.6 is 11.8 Å². The Labute approximate surface area is 188 Å². The molecule has 0 spiro atoms. The molecule has 3 heterocycles. The van der Waals surface area contributed by atoms with Crippen LogP contribution in [0.4, 0.5) is 4.39 Å². The van der Waals surface area contributed by atoms with Crippen molar-refractivity contribution in [3.63, 3.8) is 0 Å². The SMILES string of the molecule is O=C(CSc1n[nH]c(=O)n1CC1CCCO1)N1CCN(S(=O)(=O)c2ccc(F)cc2)CC1. The van der Waals surface area contributed by atoms with Gasteiger partial charge < -0.3 is 9.64 Å². The molecule has 2 fully saturated rings. The molecule has 2 saturated heterocycles. The lowest BCUT2D eigenvalue weighted by Gasteiger charge is -2.34. The number of benzene rings is 1. The Morgan fingerprint density at radius 2 is 1.94 bits per heavy atom. The van der Waals surface area contributed by atoms with Crippen LogP contribution in [0.15, 0.2) is 39.1 Å². The van der Waals surface area contributed by atoms with E-state index in [0.29, 0.717) is 18.3 Å². The molecule has 1 aromatic carbocycles. The van der Waals surface area contributed by atoms with Gasteiger partial charge in [0.2, 0.25) is 15.9 Å². The number of rotatable bonds is 7. The maximum absolute atomic E-state index is 13.1. The maximum Gasteiger partial charge on any atom is 0.344 e. The van der Waals surface area contributed by atoms with Gasteiger partial charge in [-0.2, -0.15) is 4.31 Å². The third-order valence-corrected chi connectivity index (χ3v) is 8.37. The number of carbonyl (C=O) groups is 1. The summed E-state index contributed by atoms with van der Waals surface area (Å²) < 4.78 is 46.9. The second kappa shape index (κ2) is 9.73. The number of halogens is 1. The van der Waals surface area contributed by atoms with Gasteiger partial charge in [-0.3, -0.25) is 9.36 Å². The van der Waals surface area contributed by atoms with Crippen molar-refractivity contribution in [1.82, 2.24) is 24.0 Å². The topological polar surface area (TPSA) is 118 Å². The lowest BCUT2D eigenvalue weighted by atomic mass is 10.2. The molecule has 13 heteroatoms. The molecule has 0 saturated carbocycles. The van der Waals surface area contributed by atoms with E-state index in [1.165, 1.54) is 21.0 Å². The number of hydrogen-bond acceptors (Lipinski definition) is 7. The highest BCUT2D eigenvalue weighted by molar-refractivity contribution is 7.99. The summed E-state index contributed by atoms with van der Waals surface area (Å²) >= 11 is 1.16. The van der Waals surface area contributed by atoms with Crippen LogP contribution in [-0.2, 0) is 26.1 Å². The highest BCUT2D eigenvalue weighted by Gasteiger charge is 2.30. The molecular formula is C19H24FN5O5S2. The number of H-pyrrole nitrogens is 1. The van der Waals surface area contributed by atoms with Gasteiger partial charge in [-0.25, -0.2) is 22.7 Å². The number of hydrogen-bond donors (Lipinski definition) is 1. The molecule has 0 radical (unpaired) electrons. The van der Waals surface area contributed by atoms with Crippen molar-refractivity contribution < 1.29 is 22.3 Å². The number of carbonyl (C=O) groups excluding carboxylic acids is 1. The van der Waals surface area contributed by atoms with Crippen LogP contribution in [0.5, 0.6) is 0 Å². The Balaban J connectivity index is 1.31. The van der Waals surface area contributed by atoms with E-state index in [-0.39, 0.29) is 54.5 Å². The molecule has 0 aliphatic carbocycles. The molecule has 2 aliphatic heterocycles. The first kappa shape index (κ1) is 23.0. The Morgan fingerprint density at radius 1 is 1.22 bits per heavy atom. The quantitative estimate of drug-likeness (QED) is 0.568. The second-order valence-electron chi connectivity index (χ2n) is 7.58. The van der Waals surface area contributed by atoms with Crippen molar-refractivity contribution >= 4 is 27.7 Å². The van der Waals surface area contributed by atoms with Crippen LogP contribution in [0.2, 0.25) is 0 Å². The molecule has 1 unspecified atom stereocenters. The maximum atomic E-state index is 13.1. The Morgan fingerprint density at radius 3 is 2.59 bits per heavy atom. The fraction of sp³-hybridized carbons (Fsp3) is 0.526. The summed E-state index contributed by atoms with van der Waals surface area (Å²) in [4.78, 5) is 26.3. The number of thioether (sulfide) groups is 1. The monoisotopic (exact) mass is 485 g/mol. The van der Waals surface area contributed by atoms with Crippen LogP contribution in [-0.4, -0.2) is 82.9 Å². The molecule has 1 aromatic heterocycles. The van der Waals surface area contributed by atoms with Gasteiger partial charge in [0.1, 0.15) is 5.82 Å². The Kier molecular flexibility index (Phi) is 6.98. The molecule has 10 nitrogen and oxygen atoms in total. The van der Waals surface area contributed by atoms with Crippen LogP contribution in [0.25, 0.3) is 0 Å². The molecule has 1 amide bonds. The molecular weight excluding hydrogens is 461 g/mol. The van der Waals surface area contributed by atoms with E-state index in [1.54, 1.807) is 4.90 Å². The zero-order valence-electron chi connectivity index (χ0n) is 17.3. The first-order chi connectivity index (χ1) is 15.3. The summed E-state index contributed by atoms with van der Waals surface area (Å²) in [7, 11) is -3.74. The number of aromatic nitrogens is 3. The van der Waals surface area contributed by atoms with Gasteiger partial charge >= 0.3 is 5.69 Å². The number of piperazine rings is 1. The zero-order chi connectivity index (χ0) is 22.7. The molecule has 2 aliphatic rings. The van der Waals surface area contributed by atoms with Gasteiger partial charge in [0, 0.05) is 32.8 Å². The molecule has 1 N–H and O–H groups in total. The number of sulfonamides is 1. The summed E-state index contributed by atoms with van der Waals surface area (Å²) in [6.07, 6.45) is 1.81. The molecule has 174 valence electrons. The number of nitrogens with one attached hydrogen (secondary N) is 1. The highest BCUT2D eigenvalue weighted by Crippen LogP contribution is 2.21. The predicted octanol–water partition coefficient (Wildman–Crippen LogP) is 0.515. The first-order valence-electron chi connectivity index (χ1n) is 10.3. The van der Waals surface area contributed by atoms with Gasteiger partial charge in [0.15, 0.2) is 5.16 Å². The largest absolute Gasteiger partial charge is 0.376 e. The summed E-state index contributed by atoms with van der Waals surface area (Å²) in [5, 5.41) is 6.85. The van der Waals surface area contributed by atoms with Crippen molar-refractivity contribution in [3.8, 4) is 0 Å². The van der Waals surface area contributed by atoms with Crippen molar-refractivity contribution in [2.75, 3.05) is 38.5 Å². The zero-order valence-corrected chi connectivity index (χ0v) is 18.9. The van der Waals surface area contributed by atoms with Crippen LogP contribution in [0.3, 0.4) is 0 Å². The smallest absolute Gasteiger partial charge is 0.344 e. The first-order valence-corrected chi connectivity index (χ1v) is 12.7. The van der Waals surface area contributed by atoms with E-state index >= 15 is 0 Å².